The van der Waals surface area contributed by atoms with Gasteiger partial charge < -0.3 is 15.1 Å². The number of rotatable bonds is 5. The number of anilines is 1. The number of aryl methyl sites for hydroxylation is 1. The lowest BCUT2D eigenvalue weighted by Crippen LogP contribution is -2.38. The summed E-state index contributed by atoms with van der Waals surface area (Å²) in [5.74, 6) is 0. The zero-order valence-electron chi connectivity index (χ0n) is 15.8. The first kappa shape index (κ1) is 19.9. The van der Waals surface area contributed by atoms with Gasteiger partial charge in [0.1, 0.15) is 16.9 Å². The van der Waals surface area contributed by atoms with Crippen molar-refractivity contribution in [2.75, 3.05) is 18.5 Å². The summed E-state index contributed by atoms with van der Waals surface area (Å²) in [7, 11) is 0. The van der Waals surface area contributed by atoms with Gasteiger partial charge in [-0.05, 0) is 51.3 Å². The van der Waals surface area contributed by atoms with E-state index < -0.39 is 0 Å². The lowest BCUT2D eigenvalue weighted by Gasteiger charge is -2.15. The first-order valence-corrected chi connectivity index (χ1v) is 9.65. The Hall–Kier alpha value is -2.85. The summed E-state index contributed by atoms with van der Waals surface area (Å²) in [4.78, 5) is 4.36. The fourth-order valence-electron chi connectivity index (χ4n) is 2.74. The standard InChI is InChI=1S/C18H21N7OS2/c1-4-19-17(27)24-22-13-11-7-6-10(3)8-12(11)16-15(21-9-26-16)14(13)23-25-18(28)20-5-2/h6-9,23H,4-5H2,1-3H3,(H,19,27)(H2,20,25,28). The lowest BCUT2D eigenvalue weighted by molar-refractivity contribution is 0.605. The monoisotopic (exact) mass is 415 g/mol. The van der Waals surface area contributed by atoms with E-state index in [9.17, 15) is 0 Å². The van der Waals surface area contributed by atoms with Crippen LogP contribution in [0.2, 0.25) is 0 Å². The Balaban J connectivity index is 2.17. The molecule has 28 heavy (non-hydrogen) atoms. The third-order valence-electron chi connectivity index (χ3n) is 3.92. The molecule has 3 rings (SSSR count). The van der Waals surface area contributed by atoms with Gasteiger partial charge in [-0.1, -0.05) is 17.7 Å². The molecule has 0 fully saturated rings. The van der Waals surface area contributed by atoms with Crippen LogP contribution in [0.15, 0.2) is 39.2 Å². The molecule has 0 atom stereocenters. The number of nitrogens with one attached hydrogen (secondary N) is 4. The maximum atomic E-state index is 5.66. The normalized spacial score (nSPS) is 11.1. The quantitative estimate of drug-likeness (QED) is 0.281. The van der Waals surface area contributed by atoms with Gasteiger partial charge in [-0.2, -0.15) is 0 Å². The highest BCUT2D eigenvalue weighted by molar-refractivity contribution is 7.80. The maximum Gasteiger partial charge on any atom is 0.213 e. The second-order valence-corrected chi connectivity index (χ2v) is 6.74. The molecule has 0 radical (unpaired) electrons. The summed E-state index contributed by atoms with van der Waals surface area (Å²) >= 11 is 10.4. The largest absolute Gasteiger partial charge is 0.443 e. The van der Waals surface area contributed by atoms with Crippen molar-refractivity contribution in [1.29, 1.82) is 0 Å². The van der Waals surface area contributed by atoms with E-state index in [0.29, 0.717) is 45.8 Å². The molecule has 0 saturated heterocycles. The molecular formula is C18H21N7OS2. The molecule has 0 saturated carbocycles. The number of hydrogen-bond donors (Lipinski definition) is 4. The number of oxazole rings is 1. The molecule has 1 aromatic heterocycles. The zero-order valence-corrected chi connectivity index (χ0v) is 17.4. The number of benzene rings is 2. The smallest absolute Gasteiger partial charge is 0.213 e. The van der Waals surface area contributed by atoms with Gasteiger partial charge in [-0.15, -0.1) is 10.2 Å². The van der Waals surface area contributed by atoms with Crippen LogP contribution in [0.5, 0.6) is 0 Å². The van der Waals surface area contributed by atoms with Crippen molar-refractivity contribution in [3.63, 3.8) is 0 Å². The summed E-state index contributed by atoms with van der Waals surface area (Å²) in [5.41, 5.74) is 9.61. The molecular weight excluding hydrogens is 394 g/mol. The Bertz CT molecular complexity index is 1060. The minimum Gasteiger partial charge on any atom is -0.443 e. The Kier molecular flexibility index (Phi) is 6.32. The molecule has 0 bridgehead atoms. The van der Waals surface area contributed by atoms with E-state index in [0.717, 1.165) is 16.3 Å². The van der Waals surface area contributed by atoms with Gasteiger partial charge in [-0.3, -0.25) is 10.9 Å². The van der Waals surface area contributed by atoms with Crippen LogP contribution in [-0.4, -0.2) is 28.3 Å². The molecule has 0 aliphatic carbocycles. The fraction of sp³-hybridized carbons (Fsp3) is 0.278. The van der Waals surface area contributed by atoms with Gasteiger partial charge in [0.25, 0.3) is 0 Å². The van der Waals surface area contributed by atoms with Gasteiger partial charge in [0.05, 0.1) is 0 Å². The van der Waals surface area contributed by atoms with Crippen molar-refractivity contribution in [1.82, 2.24) is 21.0 Å². The number of azo groups is 1. The van der Waals surface area contributed by atoms with Gasteiger partial charge in [0, 0.05) is 23.9 Å². The number of aromatic nitrogens is 1. The fourth-order valence-corrected chi connectivity index (χ4v) is 3.12. The summed E-state index contributed by atoms with van der Waals surface area (Å²) in [6.07, 6.45) is 1.41. The van der Waals surface area contributed by atoms with Crippen molar-refractivity contribution < 1.29 is 4.42 Å². The van der Waals surface area contributed by atoms with E-state index in [1.54, 1.807) is 0 Å². The molecule has 0 unspecified atom stereocenters. The summed E-state index contributed by atoms with van der Waals surface area (Å²) in [6.45, 7) is 7.30. The van der Waals surface area contributed by atoms with Crippen LogP contribution in [0.3, 0.4) is 0 Å². The van der Waals surface area contributed by atoms with E-state index in [1.807, 2.05) is 39.0 Å². The third-order valence-corrected chi connectivity index (χ3v) is 4.40. The lowest BCUT2D eigenvalue weighted by atomic mass is 10.0. The van der Waals surface area contributed by atoms with Gasteiger partial charge in [0.15, 0.2) is 17.1 Å². The first-order valence-electron chi connectivity index (χ1n) is 8.84. The number of fused-ring (bicyclic) bond motifs is 3. The average Bonchev–Trinajstić information content (AvgIpc) is 3.15. The van der Waals surface area contributed by atoms with Crippen molar-refractivity contribution in [2.45, 2.75) is 20.8 Å². The van der Waals surface area contributed by atoms with Crippen LogP contribution in [0, 0.1) is 6.92 Å². The highest BCUT2D eigenvalue weighted by Gasteiger charge is 2.18. The third kappa shape index (κ3) is 4.18. The molecule has 3 aromatic rings. The molecule has 0 amide bonds. The Morgan fingerprint density at radius 1 is 1.14 bits per heavy atom. The Morgan fingerprint density at radius 3 is 2.68 bits per heavy atom. The van der Waals surface area contributed by atoms with Crippen molar-refractivity contribution in [3.05, 3.63) is 30.2 Å². The van der Waals surface area contributed by atoms with Crippen molar-refractivity contribution in [3.8, 4) is 0 Å². The molecule has 146 valence electrons. The van der Waals surface area contributed by atoms with Crippen LogP contribution < -0.4 is 21.5 Å². The molecule has 2 aromatic carbocycles. The average molecular weight is 416 g/mol. The molecule has 4 N–H and O–H groups in total. The van der Waals surface area contributed by atoms with E-state index in [2.05, 4.69) is 36.7 Å². The van der Waals surface area contributed by atoms with Crippen LogP contribution in [-0.2, 0) is 0 Å². The second-order valence-electron chi connectivity index (χ2n) is 5.95. The molecule has 0 aliphatic heterocycles. The predicted octanol–water partition coefficient (Wildman–Crippen LogP) is 4.08. The number of hydrogen-bond acceptors (Lipinski definition) is 6. The van der Waals surface area contributed by atoms with E-state index in [-0.39, 0.29) is 0 Å². The van der Waals surface area contributed by atoms with Crippen molar-refractivity contribution >= 4 is 67.9 Å². The maximum absolute atomic E-state index is 5.66. The SMILES string of the molecule is CCNC(=S)N=Nc1c(NNC(=S)NCC)c2ncoc2c2cc(C)ccc12. The molecule has 8 nitrogen and oxygen atoms in total. The summed E-state index contributed by atoms with van der Waals surface area (Å²) in [5, 5.41) is 17.1. The van der Waals surface area contributed by atoms with Crippen LogP contribution in [0.4, 0.5) is 11.4 Å². The van der Waals surface area contributed by atoms with Gasteiger partial charge in [0.2, 0.25) is 5.11 Å². The Morgan fingerprint density at radius 2 is 1.93 bits per heavy atom. The highest BCUT2D eigenvalue weighted by Crippen LogP contribution is 2.41. The number of hydrazine groups is 1. The Labute approximate surface area is 173 Å². The number of nitrogens with zero attached hydrogens (tertiary/aromatic N) is 3. The molecule has 0 aliphatic rings. The van der Waals surface area contributed by atoms with Gasteiger partial charge in [-0.25, -0.2) is 4.98 Å². The van der Waals surface area contributed by atoms with Crippen molar-refractivity contribution in [2.24, 2.45) is 10.2 Å². The van der Waals surface area contributed by atoms with E-state index >= 15 is 0 Å². The molecule has 0 spiro atoms. The second kappa shape index (κ2) is 8.89. The molecule has 1 heterocycles. The minimum absolute atomic E-state index is 0.310. The van der Waals surface area contributed by atoms with Crippen LogP contribution in [0.1, 0.15) is 19.4 Å². The predicted molar refractivity (Wildman–Crippen MR) is 120 cm³/mol. The van der Waals surface area contributed by atoms with E-state index in [1.165, 1.54) is 6.39 Å². The topological polar surface area (TPSA) is 98.9 Å². The van der Waals surface area contributed by atoms with Crippen LogP contribution in [0.25, 0.3) is 21.9 Å². The summed E-state index contributed by atoms with van der Waals surface area (Å²) in [6, 6.07) is 6.02. The van der Waals surface area contributed by atoms with Crippen LogP contribution >= 0.6 is 24.4 Å². The highest BCUT2D eigenvalue weighted by atomic mass is 32.1. The van der Waals surface area contributed by atoms with E-state index in [4.69, 9.17) is 28.9 Å². The molecule has 10 heteroatoms. The number of thiocarbonyl (C=S) groups is 2. The first-order chi connectivity index (χ1) is 13.5. The van der Waals surface area contributed by atoms with Gasteiger partial charge >= 0.3 is 0 Å². The minimum atomic E-state index is 0.310. The summed E-state index contributed by atoms with van der Waals surface area (Å²) < 4.78 is 5.66. The zero-order chi connectivity index (χ0) is 20.1.